The molecule has 0 heteroatoms. The molecule has 0 fully saturated rings. The quantitative estimate of drug-likeness (QED) is 0.578. The Morgan fingerprint density at radius 2 is 1.70 bits per heavy atom. The van der Waals surface area contributed by atoms with Crippen LogP contribution in [-0.4, -0.2) is 0 Å². The third-order valence-corrected chi connectivity index (χ3v) is 5.78. The van der Waals surface area contributed by atoms with Crippen LogP contribution in [0, 0.1) is 5.92 Å². The van der Waals surface area contributed by atoms with Gasteiger partial charge in [0.2, 0.25) is 0 Å². The molecule has 0 aromatic heterocycles. The van der Waals surface area contributed by atoms with E-state index in [1.165, 1.54) is 56.7 Å². The SMILES string of the molecule is CC1C=c2cc3c(cc2=CC1)Cc1cc2c(cc1-3)C(C)CC=C2. The molecule has 2 unspecified atom stereocenters. The summed E-state index contributed by atoms with van der Waals surface area (Å²) in [7, 11) is 0. The number of hydrogen-bond acceptors (Lipinski definition) is 0. The predicted molar refractivity (Wildman–Crippen MR) is 98.7 cm³/mol. The van der Waals surface area contributed by atoms with Crippen LogP contribution in [0.1, 0.15) is 54.9 Å². The molecule has 0 heterocycles. The second kappa shape index (κ2) is 4.71. The Balaban J connectivity index is 1.75. The number of hydrogen-bond donors (Lipinski definition) is 0. The molecular weight excluding hydrogens is 276 g/mol. The first-order valence-corrected chi connectivity index (χ1v) is 8.88. The maximum atomic E-state index is 2.48. The van der Waals surface area contributed by atoms with Gasteiger partial charge in [0.1, 0.15) is 0 Å². The van der Waals surface area contributed by atoms with Crippen LogP contribution >= 0.6 is 0 Å². The lowest BCUT2D eigenvalue weighted by Gasteiger charge is -2.19. The molecule has 0 nitrogen and oxygen atoms in total. The average Bonchev–Trinajstić information content (AvgIpc) is 2.88. The van der Waals surface area contributed by atoms with E-state index >= 15 is 0 Å². The van der Waals surface area contributed by atoms with Gasteiger partial charge in [0.15, 0.2) is 0 Å². The Morgan fingerprint density at radius 3 is 2.61 bits per heavy atom. The van der Waals surface area contributed by atoms with Crippen molar-refractivity contribution in [2.75, 3.05) is 0 Å². The van der Waals surface area contributed by atoms with Gasteiger partial charge in [-0.25, -0.2) is 0 Å². The lowest BCUT2D eigenvalue weighted by molar-refractivity contribution is 0.771. The van der Waals surface area contributed by atoms with Gasteiger partial charge in [-0.05, 0) is 87.0 Å². The van der Waals surface area contributed by atoms with Gasteiger partial charge < -0.3 is 0 Å². The van der Waals surface area contributed by atoms with Crippen molar-refractivity contribution >= 4 is 18.2 Å². The molecule has 2 aromatic carbocycles. The molecule has 0 N–H and O–H groups in total. The van der Waals surface area contributed by atoms with Crippen molar-refractivity contribution in [3.8, 4) is 11.1 Å². The molecule has 0 spiro atoms. The van der Waals surface area contributed by atoms with E-state index in [4.69, 9.17) is 0 Å². The van der Waals surface area contributed by atoms with E-state index in [1.807, 2.05) is 0 Å². The highest BCUT2D eigenvalue weighted by molar-refractivity contribution is 5.80. The van der Waals surface area contributed by atoms with Crippen LogP contribution in [0.4, 0.5) is 0 Å². The number of rotatable bonds is 0. The van der Waals surface area contributed by atoms with E-state index in [9.17, 15) is 0 Å². The van der Waals surface area contributed by atoms with Crippen molar-refractivity contribution in [2.24, 2.45) is 5.92 Å². The van der Waals surface area contributed by atoms with Crippen LogP contribution < -0.4 is 10.4 Å². The average molecular weight is 298 g/mol. The van der Waals surface area contributed by atoms with Gasteiger partial charge in [-0.1, -0.05) is 50.3 Å². The van der Waals surface area contributed by atoms with Crippen LogP contribution in [0.5, 0.6) is 0 Å². The molecule has 5 rings (SSSR count). The summed E-state index contributed by atoms with van der Waals surface area (Å²) in [5, 5.41) is 2.87. The molecule has 0 saturated heterocycles. The zero-order chi connectivity index (χ0) is 15.6. The van der Waals surface area contributed by atoms with E-state index in [1.54, 1.807) is 0 Å². The minimum Gasteiger partial charge on any atom is -0.0833 e. The van der Waals surface area contributed by atoms with Crippen molar-refractivity contribution in [2.45, 2.75) is 39.0 Å². The lowest BCUT2D eigenvalue weighted by Crippen LogP contribution is -2.29. The fourth-order valence-electron chi connectivity index (χ4n) is 4.47. The van der Waals surface area contributed by atoms with Gasteiger partial charge in [-0.2, -0.15) is 0 Å². The van der Waals surface area contributed by atoms with Crippen LogP contribution in [-0.2, 0) is 6.42 Å². The monoisotopic (exact) mass is 298 g/mol. The molecule has 0 amide bonds. The van der Waals surface area contributed by atoms with Crippen molar-refractivity contribution in [1.29, 1.82) is 0 Å². The fraction of sp³-hybridized carbons (Fsp3) is 0.304. The summed E-state index contributed by atoms with van der Waals surface area (Å²) in [5.41, 5.74) is 8.94. The summed E-state index contributed by atoms with van der Waals surface area (Å²) >= 11 is 0. The largest absolute Gasteiger partial charge is 0.0833 e. The molecule has 3 aliphatic rings. The van der Waals surface area contributed by atoms with Crippen LogP contribution in [0.3, 0.4) is 0 Å². The first kappa shape index (κ1) is 13.4. The van der Waals surface area contributed by atoms with Gasteiger partial charge in [0.05, 0.1) is 0 Å². The zero-order valence-corrected chi connectivity index (χ0v) is 13.9. The minimum absolute atomic E-state index is 0.641. The highest BCUT2D eigenvalue weighted by atomic mass is 14.3. The Morgan fingerprint density at radius 1 is 0.870 bits per heavy atom. The Bertz CT molecular complexity index is 972. The molecular formula is C23H22. The summed E-state index contributed by atoms with van der Waals surface area (Å²) < 4.78 is 0. The van der Waals surface area contributed by atoms with E-state index in [0.29, 0.717) is 11.8 Å². The van der Waals surface area contributed by atoms with E-state index in [2.05, 4.69) is 62.4 Å². The minimum atomic E-state index is 0.641. The second-order valence-corrected chi connectivity index (χ2v) is 7.58. The lowest BCUT2D eigenvalue weighted by atomic mass is 9.85. The Labute approximate surface area is 137 Å². The van der Waals surface area contributed by atoms with E-state index < -0.39 is 0 Å². The third kappa shape index (κ3) is 1.97. The topological polar surface area (TPSA) is 0 Å². The predicted octanol–water partition coefficient (Wildman–Crippen LogP) is 4.38. The van der Waals surface area contributed by atoms with Crippen molar-refractivity contribution in [3.63, 3.8) is 0 Å². The maximum absolute atomic E-state index is 2.48. The molecule has 0 bridgehead atoms. The molecule has 23 heavy (non-hydrogen) atoms. The summed E-state index contributed by atoms with van der Waals surface area (Å²) in [6.45, 7) is 4.66. The summed E-state index contributed by atoms with van der Waals surface area (Å²) in [5.74, 6) is 1.30. The molecule has 2 atom stereocenters. The molecule has 0 saturated carbocycles. The van der Waals surface area contributed by atoms with Crippen LogP contribution in [0.2, 0.25) is 0 Å². The number of benzene rings is 2. The molecule has 2 aromatic rings. The Kier molecular flexibility index (Phi) is 2.74. The number of allylic oxidation sites excluding steroid dienone is 1. The van der Waals surface area contributed by atoms with E-state index in [-0.39, 0.29) is 0 Å². The van der Waals surface area contributed by atoms with Gasteiger partial charge >= 0.3 is 0 Å². The summed E-state index contributed by atoms with van der Waals surface area (Å²) in [6, 6.07) is 9.79. The summed E-state index contributed by atoms with van der Waals surface area (Å²) in [6.07, 6.45) is 12.9. The Hall–Kier alpha value is -2.08. The van der Waals surface area contributed by atoms with E-state index in [0.717, 1.165) is 6.42 Å². The second-order valence-electron chi connectivity index (χ2n) is 7.58. The molecule has 0 aliphatic heterocycles. The van der Waals surface area contributed by atoms with Crippen molar-refractivity contribution in [3.05, 3.63) is 63.0 Å². The smallest absolute Gasteiger partial charge is 0.00130 e. The fourth-order valence-corrected chi connectivity index (χ4v) is 4.47. The zero-order valence-electron chi connectivity index (χ0n) is 13.9. The summed E-state index contributed by atoms with van der Waals surface area (Å²) in [4.78, 5) is 0. The van der Waals surface area contributed by atoms with Gasteiger partial charge in [-0.15, -0.1) is 0 Å². The normalized spacial score (nSPS) is 23.2. The molecule has 114 valence electrons. The van der Waals surface area contributed by atoms with Gasteiger partial charge in [0, 0.05) is 0 Å². The van der Waals surface area contributed by atoms with Crippen LogP contribution in [0.25, 0.3) is 29.4 Å². The maximum Gasteiger partial charge on any atom is -0.00130 e. The molecule has 0 radical (unpaired) electrons. The van der Waals surface area contributed by atoms with Gasteiger partial charge in [0.25, 0.3) is 0 Å². The standard InChI is InChI=1S/C23H22/c1-14-6-7-16-9-19-11-20-10-17-5-3-4-15(2)21(17)13-23(20)22(19)12-18(16)8-14/h3,5,7-10,12-15H,4,6,11H2,1-2H3. The first-order valence-electron chi connectivity index (χ1n) is 8.88. The number of fused-ring (bicyclic) bond motifs is 5. The first-order chi connectivity index (χ1) is 11.2. The highest BCUT2D eigenvalue weighted by Crippen LogP contribution is 2.40. The highest BCUT2D eigenvalue weighted by Gasteiger charge is 2.23. The van der Waals surface area contributed by atoms with Crippen molar-refractivity contribution < 1.29 is 0 Å². The third-order valence-electron chi connectivity index (χ3n) is 5.78. The van der Waals surface area contributed by atoms with Crippen molar-refractivity contribution in [1.82, 2.24) is 0 Å². The van der Waals surface area contributed by atoms with Crippen LogP contribution in [0.15, 0.2) is 30.3 Å². The molecule has 3 aliphatic carbocycles. The van der Waals surface area contributed by atoms with Gasteiger partial charge in [-0.3, -0.25) is 0 Å².